The van der Waals surface area contributed by atoms with Gasteiger partial charge in [-0.2, -0.15) is 0 Å². The van der Waals surface area contributed by atoms with Gasteiger partial charge in [-0.25, -0.2) is 0 Å². The zero-order valence-corrected chi connectivity index (χ0v) is 8.33. The molecule has 2 rings (SSSR count). The molecule has 0 bridgehead atoms. The number of ketones is 1. The first kappa shape index (κ1) is 9.41. The van der Waals surface area contributed by atoms with E-state index >= 15 is 0 Å². The number of hydrogen-bond acceptors (Lipinski definition) is 1. The van der Waals surface area contributed by atoms with E-state index in [2.05, 4.69) is 0 Å². The van der Waals surface area contributed by atoms with Crippen molar-refractivity contribution in [3.05, 3.63) is 35.9 Å². The number of carbonyl (C=O) groups excluding carboxylic acids is 1. The first-order valence-corrected chi connectivity index (χ1v) is 5.28. The zero-order valence-electron chi connectivity index (χ0n) is 8.33. The van der Waals surface area contributed by atoms with Crippen LogP contribution < -0.4 is 4.90 Å². The quantitative estimate of drug-likeness (QED) is 0.691. The molecule has 1 aromatic carbocycles. The van der Waals surface area contributed by atoms with Crippen molar-refractivity contribution in [1.82, 2.24) is 0 Å². The van der Waals surface area contributed by atoms with Gasteiger partial charge in [0.1, 0.15) is 6.54 Å². The Labute approximate surface area is 84.5 Å². The van der Waals surface area contributed by atoms with E-state index in [0.717, 1.165) is 5.56 Å². The second-order valence-corrected chi connectivity index (χ2v) is 3.92. The highest BCUT2D eigenvalue weighted by Gasteiger charge is 2.19. The molecule has 0 aliphatic carbocycles. The van der Waals surface area contributed by atoms with Gasteiger partial charge in [0.05, 0.1) is 13.1 Å². The number of carbonyl (C=O) groups is 1. The highest BCUT2D eigenvalue weighted by atomic mass is 16.1. The second kappa shape index (κ2) is 4.38. The molecule has 2 heteroatoms. The van der Waals surface area contributed by atoms with E-state index in [0.29, 0.717) is 6.54 Å². The molecule has 0 saturated carbocycles. The van der Waals surface area contributed by atoms with Crippen molar-refractivity contribution >= 4 is 5.78 Å². The van der Waals surface area contributed by atoms with Crippen molar-refractivity contribution in [2.75, 3.05) is 19.6 Å². The molecule has 1 N–H and O–H groups in total. The molecule has 0 radical (unpaired) electrons. The summed E-state index contributed by atoms with van der Waals surface area (Å²) in [5.74, 6) is 0.280. The van der Waals surface area contributed by atoms with Crippen LogP contribution in [0.25, 0.3) is 0 Å². The molecule has 1 heterocycles. The average Bonchev–Trinajstić information content (AvgIpc) is 2.72. The van der Waals surface area contributed by atoms with Crippen LogP contribution in [0.1, 0.15) is 23.2 Å². The number of benzene rings is 1. The van der Waals surface area contributed by atoms with Gasteiger partial charge in [-0.15, -0.1) is 0 Å². The summed E-state index contributed by atoms with van der Waals surface area (Å²) >= 11 is 0. The van der Waals surface area contributed by atoms with Gasteiger partial charge in [-0.3, -0.25) is 4.79 Å². The Morgan fingerprint density at radius 3 is 2.43 bits per heavy atom. The summed E-state index contributed by atoms with van der Waals surface area (Å²) in [5, 5.41) is 0. The maximum Gasteiger partial charge on any atom is 0.216 e. The van der Waals surface area contributed by atoms with Crippen LogP contribution in [0.3, 0.4) is 0 Å². The first-order chi connectivity index (χ1) is 6.86. The molecule has 1 fully saturated rings. The minimum atomic E-state index is 0.280. The van der Waals surface area contributed by atoms with Crippen molar-refractivity contribution in [1.29, 1.82) is 0 Å². The number of hydrogen-bond donors (Lipinski definition) is 1. The lowest BCUT2D eigenvalue weighted by Crippen LogP contribution is -3.10. The molecule has 2 nitrogen and oxygen atoms in total. The Kier molecular flexibility index (Phi) is 2.94. The monoisotopic (exact) mass is 190 g/mol. The molecule has 0 unspecified atom stereocenters. The Morgan fingerprint density at radius 2 is 1.79 bits per heavy atom. The summed E-state index contributed by atoms with van der Waals surface area (Å²) in [6, 6.07) is 9.59. The van der Waals surface area contributed by atoms with Crippen LogP contribution in [0.5, 0.6) is 0 Å². The van der Waals surface area contributed by atoms with Gasteiger partial charge in [-0.1, -0.05) is 30.3 Å². The van der Waals surface area contributed by atoms with E-state index in [-0.39, 0.29) is 5.78 Å². The Hall–Kier alpha value is -1.15. The van der Waals surface area contributed by atoms with Crippen LogP contribution in [0, 0.1) is 0 Å². The lowest BCUT2D eigenvalue weighted by molar-refractivity contribution is -0.878. The van der Waals surface area contributed by atoms with Gasteiger partial charge < -0.3 is 4.90 Å². The smallest absolute Gasteiger partial charge is 0.216 e. The largest absolute Gasteiger partial charge is 0.328 e. The van der Waals surface area contributed by atoms with Gasteiger partial charge in [0.15, 0.2) is 0 Å². The predicted molar refractivity (Wildman–Crippen MR) is 55.6 cm³/mol. The summed E-state index contributed by atoms with van der Waals surface area (Å²) in [5.41, 5.74) is 0.854. The molecule has 14 heavy (non-hydrogen) atoms. The number of quaternary nitrogens is 1. The van der Waals surface area contributed by atoms with Crippen LogP contribution in [-0.2, 0) is 0 Å². The normalized spacial score (nSPS) is 17.1. The van der Waals surface area contributed by atoms with Crippen molar-refractivity contribution in [3.63, 3.8) is 0 Å². The van der Waals surface area contributed by atoms with E-state index in [4.69, 9.17) is 0 Å². The Morgan fingerprint density at radius 1 is 1.14 bits per heavy atom. The molecule has 1 aromatic rings. The third-order valence-corrected chi connectivity index (χ3v) is 2.82. The number of nitrogens with one attached hydrogen (secondary N) is 1. The van der Waals surface area contributed by atoms with Crippen molar-refractivity contribution in [2.24, 2.45) is 0 Å². The third kappa shape index (κ3) is 2.20. The average molecular weight is 190 g/mol. The molecule has 0 aromatic heterocycles. The highest BCUT2D eigenvalue weighted by Crippen LogP contribution is 1.98. The summed E-state index contributed by atoms with van der Waals surface area (Å²) in [7, 11) is 0. The lowest BCUT2D eigenvalue weighted by Gasteiger charge is -2.10. The van der Waals surface area contributed by atoms with Gasteiger partial charge in [-0.05, 0) is 0 Å². The van der Waals surface area contributed by atoms with E-state index in [1.165, 1.54) is 30.8 Å². The maximum absolute atomic E-state index is 11.8. The van der Waals surface area contributed by atoms with E-state index < -0.39 is 0 Å². The molecule has 1 aliphatic rings. The summed E-state index contributed by atoms with van der Waals surface area (Å²) in [6.45, 7) is 3.00. The molecular weight excluding hydrogens is 174 g/mol. The second-order valence-electron chi connectivity index (χ2n) is 3.92. The summed E-state index contributed by atoms with van der Waals surface area (Å²) in [6.07, 6.45) is 2.55. The fourth-order valence-electron chi connectivity index (χ4n) is 2.00. The van der Waals surface area contributed by atoms with E-state index in [1.807, 2.05) is 30.3 Å². The van der Waals surface area contributed by atoms with Crippen LogP contribution in [0.4, 0.5) is 0 Å². The van der Waals surface area contributed by atoms with Gasteiger partial charge in [0.25, 0.3) is 0 Å². The highest BCUT2D eigenvalue weighted by molar-refractivity contribution is 5.96. The zero-order chi connectivity index (χ0) is 9.80. The van der Waals surface area contributed by atoms with Gasteiger partial charge in [0, 0.05) is 18.4 Å². The van der Waals surface area contributed by atoms with Crippen LogP contribution in [-0.4, -0.2) is 25.4 Å². The number of rotatable bonds is 3. The molecule has 0 spiro atoms. The fraction of sp³-hybridized carbons (Fsp3) is 0.417. The molecule has 74 valence electrons. The third-order valence-electron chi connectivity index (χ3n) is 2.82. The summed E-state index contributed by atoms with van der Waals surface area (Å²) < 4.78 is 0. The topological polar surface area (TPSA) is 21.5 Å². The van der Waals surface area contributed by atoms with Crippen molar-refractivity contribution < 1.29 is 9.69 Å². The molecule has 0 amide bonds. The maximum atomic E-state index is 11.8. The number of likely N-dealkylation sites (tertiary alicyclic amines) is 1. The van der Waals surface area contributed by atoms with Crippen LogP contribution in [0.15, 0.2) is 30.3 Å². The fourth-order valence-corrected chi connectivity index (χ4v) is 2.00. The first-order valence-electron chi connectivity index (χ1n) is 5.28. The Bertz CT molecular complexity index is 301. The SMILES string of the molecule is O=C(C[NH+]1CCCC1)c1ccccc1. The summed E-state index contributed by atoms with van der Waals surface area (Å²) in [4.78, 5) is 13.2. The molecule has 1 aliphatic heterocycles. The van der Waals surface area contributed by atoms with Crippen LogP contribution >= 0.6 is 0 Å². The van der Waals surface area contributed by atoms with Crippen molar-refractivity contribution in [2.45, 2.75) is 12.8 Å². The predicted octanol–water partition coefficient (Wildman–Crippen LogP) is 0.548. The van der Waals surface area contributed by atoms with Gasteiger partial charge >= 0.3 is 0 Å². The number of Topliss-reactive ketones (excluding diaryl/α,β-unsaturated/α-hetero) is 1. The standard InChI is InChI=1S/C12H15NO/c14-12(10-13-8-4-5-9-13)11-6-2-1-3-7-11/h1-3,6-7H,4-5,8-10H2/p+1. The molecule has 0 atom stereocenters. The minimum Gasteiger partial charge on any atom is -0.328 e. The molecule has 1 saturated heterocycles. The Balaban J connectivity index is 1.95. The van der Waals surface area contributed by atoms with E-state index in [9.17, 15) is 4.79 Å². The molecular formula is C12H16NO+. The van der Waals surface area contributed by atoms with Crippen LogP contribution in [0.2, 0.25) is 0 Å². The van der Waals surface area contributed by atoms with Crippen molar-refractivity contribution in [3.8, 4) is 0 Å². The van der Waals surface area contributed by atoms with Gasteiger partial charge in [0.2, 0.25) is 5.78 Å². The lowest BCUT2D eigenvalue weighted by atomic mass is 10.1. The minimum absolute atomic E-state index is 0.280. The van der Waals surface area contributed by atoms with E-state index in [1.54, 1.807) is 0 Å².